The molecule has 5 rings (SSSR count). The number of hydrogen-bond donors (Lipinski definition) is 0. The Morgan fingerprint density at radius 1 is 1.06 bits per heavy atom. The molecule has 1 unspecified atom stereocenters. The van der Waals surface area contributed by atoms with Gasteiger partial charge in [-0.25, -0.2) is 9.18 Å². The summed E-state index contributed by atoms with van der Waals surface area (Å²) in [6.07, 6.45) is 0.503. The summed E-state index contributed by atoms with van der Waals surface area (Å²) in [6.45, 7) is 3.87. The van der Waals surface area contributed by atoms with E-state index in [1.807, 2.05) is 19.1 Å². The van der Waals surface area contributed by atoms with Crippen LogP contribution in [0.4, 0.5) is 4.39 Å². The Labute approximate surface area is 176 Å². The van der Waals surface area contributed by atoms with Crippen molar-refractivity contribution in [2.75, 3.05) is 0 Å². The molecule has 31 heavy (non-hydrogen) atoms. The Balaban J connectivity index is 1.70. The molecule has 0 amide bonds. The number of rotatable bonds is 3. The van der Waals surface area contributed by atoms with Crippen molar-refractivity contribution < 1.29 is 13.5 Å². The van der Waals surface area contributed by atoms with E-state index in [9.17, 15) is 14.0 Å². The third-order valence-electron chi connectivity index (χ3n) is 5.72. The molecule has 0 saturated carbocycles. The van der Waals surface area contributed by atoms with Gasteiger partial charge >= 0.3 is 5.63 Å². The summed E-state index contributed by atoms with van der Waals surface area (Å²) in [6, 6.07) is 13.1. The second-order valence-electron chi connectivity index (χ2n) is 7.59. The summed E-state index contributed by atoms with van der Waals surface area (Å²) in [5, 5.41) is 0.663. The molecule has 0 spiro atoms. The number of halogens is 1. The molecule has 0 fully saturated rings. The Hall–Kier alpha value is -3.74. The minimum absolute atomic E-state index is 0.216. The second-order valence-corrected chi connectivity index (χ2v) is 7.59. The number of fused-ring (bicyclic) bond motifs is 4. The zero-order valence-corrected chi connectivity index (χ0v) is 17.0. The molecule has 1 atom stereocenters. The molecule has 0 bridgehead atoms. The topological polar surface area (TPSA) is 74.3 Å². The molecule has 156 valence electrons. The van der Waals surface area contributed by atoms with E-state index < -0.39 is 11.5 Å². The maximum absolute atomic E-state index is 13.5. The number of para-hydroxylation sites is 1. The highest BCUT2D eigenvalue weighted by Crippen LogP contribution is 2.44. The number of benzene rings is 2. The molecule has 2 aromatic carbocycles. The van der Waals surface area contributed by atoms with Crippen LogP contribution in [0.15, 0.2) is 62.5 Å². The van der Waals surface area contributed by atoms with Gasteiger partial charge in [0.05, 0.1) is 23.1 Å². The van der Waals surface area contributed by atoms with Gasteiger partial charge in [0, 0.05) is 5.92 Å². The van der Waals surface area contributed by atoms with Gasteiger partial charge in [0.25, 0.3) is 5.56 Å². The van der Waals surface area contributed by atoms with Crippen molar-refractivity contribution in [2.24, 2.45) is 0 Å². The zero-order chi connectivity index (χ0) is 21.7. The molecule has 2 aromatic heterocycles. The summed E-state index contributed by atoms with van der Waals surface area (Å²) in [4.78, 5) is 30.9. The van der Waals surface area contributed by atoms with E-state index in [1.54, 1.807) is 31.2 Å². The van der Waals surface area contributed by atoms with Crippen molar-refractivity contribution in [1.29, 1.82) is 0 Å². The molecule has 0 N–H and O–H groups in total. The monoisotopic (exact) mass is 418 g/mol. The molecule has 6 nitrogen and oxygen atoms in total. The third-order valence-corrected chi connectivity index (χ3v) is 5.72. The van der Waals surface area contributed by atoms with E-state index in [4.69, 9.17) is 9.15 Å². The lowest BCUT2D eigenvalue weighted by Crippen LogP contribution is -2.33. The van der Waals surface area contributed by atoms with Crippen LogP contribution in [-0.2, 0) is 6.54 Å². The summed E-state index contributed by atoms with van der Waals surface area (Å²) in [5.74, 6) is 0.242. The van der Waals surface area contributed by atoms with Gasteiger partial charge in [0.2, 0.25) is 5.88 Å². The Morgan fingerprint density at radius 3 is 2.55 bits per heavy atom. The number of aryl methyl sites for hydroxylation is 1. The average molecular weight is 418 g/mol. The fourth-order valence-corrected chi connectivity index (χ4v) is 4.18. The lowest BCUT2D eigenvalue weighted by atomic mass is 9.88. The van der Waals surface area contributed by atoms with Gasteiger partial charge in [0.15, 0.2) is 5.75 Å². The minimum Gasteiger partial charge on any atom is -0.437 e. The SMILES string of the molecule is CCC1c2c(c3ccccc3oc2=O)Oc2nc(C)n(Cc3ccc(F)cc3)c(=O)c21. The largest absolute Gasteiger partial charge is 0.437 e. The van der Waals surface area contributed by atoms with Crippen LogP contribution in [0.25, 0.3) is 11.0 Å². The van der Waals surface area contributed by atoms with E-state index in [-0.39, 0.29) is 23.8 Å². The quantitative estimate of drug-likeness (QED) is 0.458. The van der Waals surface area contributed by atoms with E-state index in [1.165, 1.54) is 16.7 Å². The van der Waals surface area contributed by atoms with Crippen molar-refractivity contribution in [2.45, 2.75) is 32.7 Å². The maximum atomic E-state index is 13.5. The van der Waals surface area contributed by atoms with Gasteiger partial charge in [-0.1, -0.05) is 31.2 Å². The van der Waals surface area contributed by atoms with Gasteiger partial charge < -0.3 is 9.15 Å². The van der Waals surface area contributed by atoms with Crippen molar-refractivity contribution in [3.05, 3.63) is 97.6 Å². The van der Waals surface area contributed by atoms with Crippen LogP contribution in [0.5, 0.6) is 11.6 Å². The summed E-state index contributed by atoms with van der Waals surface area (Å²) < 4.78 is 26.3. The van der Waals surface area contributed by atoms with Crippen LogP contribution in [0.2, 0.25) is 0 Å². The third kappa shape index (κ3) is 3.04. The van der Waals surface area contributed by atoms with Gasteiger partial charge in [0.1, 0.15) is 17.2 Å². The van der Waals surface area contributed by atoms with E-state index in [0.717, 1.165) is 5.56 Å². The van der Waals surface area contributed by atoms with Crippen molar-refractivity contribution in [1.82, 2.24) is 9.55 Å². The standard InChI is InChI=1S/C24H19FN2O4/c1-3-16-19-21(17-6-4-5-7-18(17)30-24(19)29)31-22-20(16)23(28)27(13(2)26-22)12-14-8-10-15(25)11-9-14/h4-11,16H,3,12H2,1-2H3. The first kappa shape index (κ1) is 19.2. The van der Waals surface area contributed by atoms with Crippen molar-refractivity contribution in [3.8, 4) is 11.6 Å². The number of nitrogens with zero attached hydrogens (tertiary/aromatic N) is 2. The van der Waals surface area contributed by atoms with Gasteiger partial charge in [-0.2, -0.15) is 4.98 Å². The average Bonchev–Trinajstić information content (AvgIpc) is 2.76. The smallest absolute Gasteiger partial charge is 0.343 e. The molecule has 0 saturated heterocycles. The van der Waals surface area contributed by atoms with E-state index in [0.29, 0.717) is 40.1 Å². The first-order valence-corrected chi connectivity index (χ1v) is 10.1. The second kappa shape index (κ2) is 7.19. The number of hydrogen-bond acceptors (Lipinski definition) is 5. The normalized spacial score (nSPS) is 14.7. The first-order chi connectivity index (χ1) is 15.0. The molecule has 1 aliphatic rings. The fourth-order valence-electron chi connectivity index (χ4n) is 4.18. The summed E-state index contributed by atoms with van der Waals surface area (Å²) in [7, 11) is 0. The molecule has 0 radical (unpaired) electrons. The lowest BCUT2D eigenvalue weighted by molar-refractivity contribution is 0.403. The molecule has 0 aliphatic carbocycles. The van der Waals surface area contributed by atoms with Crippen LogP contribution in [0, 0.1) is 12.7 Å². The molecular weight excluding hydrogens is 399 g/mol. The highest BCUT2D eigenvalue weighted by molar-refractivity contribution is 5.85. The first-order valence-electron chi connectivity index (χ1n) is 10.1. The Kier molecular flexibility index (Phi) is 4.46. The molecule has 1 aliphatic heterocycles. The van der Waals surface area contributed by atoms with Crippen LogP contribution < -0.4 is 15.9 Å². The lowest BCUT2D eigenvalue weighted by Gasteiger charge is -2.27. The predicted molar refractivity (Wildman–Crippen MR) is 113 cm³/mol. The molecule has 7 heteroatoms. The zero-order valence-electron chi connectivity index (χ0n) is 17.0. The predicted octanol–water partition coefficient (Wildman–Crippen LogP) is 4.49. The van der Waals surface area contributed by atoms with Gasteiger partial charge in [-0.05, 0) is 43.2 Å². The van der Waals surface area contributed by atoms with Crippen LogP contribution in [-0.4, -0.2) is 9.55 Å². The van der Waals surface area contributed by atoms with Gasteiger partial charge in [-0.3, -0.25) is 9.36 Å². The highest BCUT2D eigenvalue weighted by atomic mass is 19.1. The number of ether oxygens (including phenoxy) is 1. The van der Waals surface area contributed by atoms with Crippen molar-refractivity contribution >= 4 is 11.0 Å². The molecule has 4 aromatic rings. The van der Waals surface area contributed by atoms with Crippen molar-refractivity contribution in [3.63, 3.8) is 0 Å². The minimum atomic E-state index is -0.517. The summed E-state index contributed by atoms with van der Waals surface area (Å²) >= 11 is 0. The van der Waals surface area contributed by atoms with Crippen LogP contribution in [0.3, 0.4) is 0 Å². The fraction of sp³-hybridized carbons (Fsp3) is 0.208. The summed E-state index contributed by atoms with van der Waals surface area (Å²) in [5.41, 5.74) is 1.07. The Morgan fingerprint density at radius 2 is 1.81 bits per heavy atom. The van der Waals surface area contributed by atoms with Crippen LogP contribution in [0.1, 0.15) is 41.8 Å². The highest BCUT2D eigenvalue weighted by Gasteiger charge is 2.35. The van der Waals surface area contributed by atoms with Gasteiger partial charge in [-0.15, -0.1) is 0 Å². The Bertz CT molecular complexity index is 1440. The van der Waals surface area contributed by atoms with E-state index >= 15 is 0 Å². The molecule has 3 heterocycles. The van der Waals surface area contributed by atoms with Crippen LogP contribution >= 0.6 is 0 Å². The maximum Gasteiger partial charge on any atom is 0.343 e. The van der Waals surface area contributed by atoms with E-state index in [2.05, 4.69) is 4.98 Å². The number of aromatic nitrogens is 2. The molecular formula is C24H19FN2O4.